The van der Waals surface area contributed by atoms with Gasteiger partial charge in [0.1, 0.15) is 0 Å². The standard InChI is InChI=1S/C73H48N3.Ir/c1-48-49(2)68-43-53(34-37-67(68)65-32-18-12-26-59(48)65)69-44-73(52-24-10-5-11-25-52)76-47-70(69)66-33-19-17-31-64(66)58-41-56(62-29-15-13-27-60(62)54-35-38-71(74-45-54)50-20-6-3-7-21-50)40-57(42-58)63-30-16-14-28-61(63)55-36-39-72(75-46-55)51-22-8-4-9-23-51;/h3-20,22,24,26-47H,1-2H3;/q-3;+3. The third kappa shape index (κ3) is 9.40. The second-order valence-corrected chi connectivity index (χ2v) is 19.3. The summed E-state index contributed by atoms with van der Waals surface area (Å²) in [5.41, 5.74) is 23.3. The maximum absolute atomic E-state index is 5.21. The summed E-state index contributed by atoms with van der Waals surface area (Å²) in [5, 5.41) is 5.06. The van der Waals surface area contributed by atoms with Crippen LogP contribution in [0.15, 0.2) is 255 Å². The Hall–Kier alpha value is -9.18. The van der Waals surface area contributed by atoms with E-state index in [0.717, 1.165) is 112 Å². The second kappa shape index (κ2) is 21.2. The first kappa shape index (κ1) is 48.7. The molecule has 13 aromatic rings. The van der Waals surface area contributed by atoms with E-state index in [0.29, 0.717) is 0 Å². The van der Waals surface area contributed by atoms with Crippen molar-refractivity contribution < 1.29 is 20.1 Å². The molecule has 0 aliphatic carbocycles. The molecular formula is C73H48IrN3. The van der Waals surface area contributed by atoms with Gasteiger partial charge in [-0.25, -0.2) is 0 Å². The number of fused-ring (bicyclic) bond motifs is 3. The van der Waals surface area contributed by atoms with Crippen LogP contribution in [0.3, 0.4) is 0 Å². The quantitative estimate of drug-likeness (QED) is 0.101. The van der Waals surface area contributed by atoms with Gasteiger partial charge in [0.25, 0.3) is 0 Å². The van der Waals surface area contributed by atoms with Crippen molar-refractivity contribution in [3.05, 3.63) is 285 Å². The molecule has 10 aromatic carbocycles. The fourth-order valence-electron chi connectivity index (χ4n) is 10.9. The Balaban J connectivity index is 0.00000596. The van der Waals surface area contributed by atoms with E-state index in [1.54, 1.807) is 0 Å². The maximum atomic E-state index is 5.21. The Morgan fingerprint density at radius 3 is 1.13 bits per heavy atom. The zero-order valence-electron chi connectivity index (χ0n) is 42.4. The van der Waals surface area contributed by atoms with E-state index in [4.69, 9.17) is 15.0 Å². The fourth-order valence-corrected chi connectivity index (χ4v) is 10.9. The van der Waals surface area contributed by atoms with Crippen molar-refractivity contribution in [3.8, 4) is 112 Å². The molecule has 0 saturated heterocycles. The van der Waals surface area contributed by atoms with Gasteiger partial charge in [-0.05, 0) is 160 Å². The summed E-state index contributed by atoms with van der Waals surface area (Å²) >= 11 is 0. The first-order valence-electron chi connectivity index (χ1n) is 25.7. The van der Waals surface area contributed by atoms with Gasteiger partial charge >= 0.3 is 20.1 Å². The number of benzene rings is 10. The summed E-state index contributed by atoms with van der Waals surface area (Å²) in [4.78, 5) is 15.1. The number of hydrogen-bond donors (Lipinski definition) is 0. The van der Waals surface area contributed by atoms with Gasteiger partial charge < -0.3 is 15.0 Å². The number of pyridine rings is 3. The molecule has 0 aliphatic heterocycles. The van der Waals surface area contributed by atoms with E-state index in [1.807, 2.05) is 73.1 Å². The van der Waals surface area contributed by atoms with Crippen LogP contribution in [0.1, 0.15) is 11.1 Å². The van der Waals surface area contributed by atoms with Crippen molar-refractivity contribution in [2.45, 2.75) is 13.8 Å². The normalized spacial score (nSPS) is 11.1. The van der Waals surface area contributed by atoms with Crippen molar-refractivity contribution in [2.24, 2.45) is 0 Å². The molecule has 0 radical (unpaired) electrons. The number of nitrogens with zero attached hydrogens (tertiary/aromatic N) is 3. The molecule has 77 heavy (non-hydrogen) atoms. The minimum atomic E-state index is 0. The predicted octanol–water partition coefficient (Wildman–Crippen LogP) is 18.9. The molecule has 4 heteroatoms. The van der Waals surface area contributed by atoms with Crippen molar-refractivity contribution in [1.82, 2.24) is 15.0 Å². The van der Waals surface area contributed by atoms with Gasteiger partial charge in [-0.1, -0.05) is 140 Å². The molecule has 0 bridgehead atoms. The zero-order valence-corrected chi connectivity index (χ0v) is 44.8. The van der Waals surface area contributed by atoms with Gasteiger partial charge in [0, 0.05) is 24.2 Å². The van der Waals surface area contributed by atoms with Crippen LogP contribution in [0.5, 0.6) is 0 Å². The molecule has 0 amide bonds. The van der Waals surface area contributed by atoms with Crippen LogP contribution < -0.4 is 0 Å². The summed E-state index contributed by atoms with van der Waals surface area (Å²) in [7, 11) is 0. The number of aromatic nitrogens is 3. The van der Waals surface area contributed by atoms with E-state index in [-0.39, 0.29) is 20.1 Å². The van der Waals surface area contributed by atoms with Crippen LogP contribution >= 0.6 is 0 Å². The maximum Gasteiger partial charge on any atom is 3.00 e. The van der Waals surface area contributed by atoms with Gasteiger partial charge in [-0.15, -0.1) is 108 Å². The largest absolute Gasteiger partial charge is 3.00 e. The number of aryl methyl sites for hydroxylation is 2. The minimum absolute atomic E-state index is 0. The molecule has 364 valence electrons. The molecule has 0 fully saturated rings. The molecule has 3 nitrogen and oxygen atoms in total. The summed E-state index contributed by atoms with van der Waals surface area (Å²) in [6.45, 7) is 4.50. The SMILES string of the molecule is Cc1c(C)c2cc(-c3cc(-c4[c-]cccc4)ncc3-c3ccccc3-c3cc(-c4ccccc4-c4ccc(-c5[c-]cccc5)nc4)cc(-c4ccccc4-c4ccc(-c5[c-]cccc5)nc4)c3)ccc2c2ccccc12.[Ir+3]. The van der Waals surface area contributed by atoms with E-state index < -0.39 is 0 Å². The van der Waals surface area contributed by atoms with Gasteiger partial charge in [0.05, 0.1) is 0 Å². The molecule has 13 rings (SSSR count). The molecule has 0 aliphatic rings. The van der Waals surface area contributed by atoms with Gasteiger partial charge in [0.2, 0.25) is 0 Å². The van der Waals surface area contributed by atoms with Gasteiger partial charge in [-0.3, -0.25) is 0 Å². The Morgan fingerprint density at radius 2 is 0.649 bits per heavy atom. The van der Waals surface area contributed by atoms with Crippen LogP contribution in [0.25, 0.3) is 133 Å². The third-order valence-electron chi connectivity index (χ3n) is 14.9. The number of rotatable bonds is 10. The van der Waals surface area contributed by atoms with Gasteiger partial charge in [0.15, 0.2) is 0 Å². The zero-order chi connectivity index (χ0) is 51.0. The van der Waals surface area contributed by atoms with Crippen molar-refractivity contribution in [2.75, 3.05) is 0 Å². The molecule has 3 heterocycles. The Bertz CT molecular complexity index is 4120. The topological polar surface area (TPSA) is 38.7 Å². The monoisotopic (exact) mass is 1160 g/mol. The summed E-state index contributed by atoms with van der Waals surface area (Å²) < 4.78 is 0. The molecule has 0 atom stereocenters. The minimum Gasteiger partial charge on any atom is -0.304 e. The second-order valence-electron chi connectivity index (χ2n) is 19.3. The van der Waals surface area contributed by atoms with Crippen LogP contribution in [0, 0.1) is 32.0 Å². The van der Waals surface area contributed by atoms with Crippen LogP contribution in [0.4, 0.5) is 0 Å². The summed E-state index contributed by atoms with van der Waals surface area (Å²) in [5.74, 6) is 0. The van der Waals surface area contributed by atoms with Crippen molar-refractivity contribution in [1.29, 1.82) is 0 Å². The molecule has 0 unspecified atom stereocenters. The Labute approximate surface area is 463 Å². The van der Waals surface area contributed by atoms with E-state index in [2.05, 4.69) is 214 Å². The van der Waals surface area contributed by atoms with Gasteiger partial charge in [-0.2, -0.15) is 0 Å². The Morgan fingerprint density at radius 1 is 0.260 bits per heavy atom. The van der Waals surface area contributed by atoms with Crippen molar-refractivity contribution >= 4 is 21.5 Å². The summed E-state index contributed by atoms with van der Waals surface area (Å²) in [6.07, 6.45) is 6.03. The van der Waals surface area contributed by atoms with E-state index in [9.17, 15) is 0 Å². The molecular weight excluding hydrogens is 1110 g/mol. The van der Waals surface area contributed by atoms with E-state index >= 15 is 0 Å². The first-order chi connectivity index (χ1) is 37.5. The third-order valence-corrected chi connectivity index (χ3v) is 14.9. The van der Waals surface area contributed by atoms with Crippen LogP contribution in [0.2, 0.25) is 0 Å². The van der Waals surface area contributed by atoms with Crippen molar-refractivity contribution in [3.63, 3.8) is 0 Å². The van der Waals surface area contributed by atoms with Crippen LogP contribution in [-0.4, -0.2) is 15.0 Å². The number of hydrogen-bond acceptors (Lipinski definition) is 3. The van der Waals surface area contributed by atoms with Crippen LogP contribution in [-0.2, 0) is 20.1 Å². The summed E-state index contributed by atoms with van der Waals surface area (Å²) in [6, 6.07) is 93.9. The Kier molecular flexibility index (Phi) is 13.4. The average Bonchev–Trinajstić information content (AvgIpc) is 3.51. The van der Waals surface area contributed by atoms with E-state index in [1.165, 1.54) is 32.7 Å². The predicted molar refractivity (Wildman–Crippen MR) is 315 cm³/mol. The fraction of sp³-hybridized carbons (Fsp3) is 0.0274. The molecule has 0 spiro atoms. The molecule has 3 aromatic heterocycles. The molecule has 0 N–H and O–H groups in total. The average molecular weight is 1160 g/mol. The smallest absolute Gasteiger partial charge is 0.304 e. The first-order valence-corrected chi connectivity index (χ1v) is 25.7. The molecule has 0 saturated carbocycles.